The molecule has 12 heteroatoms. The number of aromatic nitrogens is 1. The van der Waals surface area contributed by atoms with E-state index in [0.29, 0.717) is 12.4 Å². The Morgan fingerprint density at radius 3 is 1.13 bits per heavy atom. The third-order valence-electron chi connectivity index (χ3n) is 4.27. The highest BCUT2D eigenvalue weighted by atomic mass is 19.2. The van der Waals surface area contributed by atoms with Crippen LogP contribution in [0.1, 0.15) is 5.56 Å². The maximum absolute atomic E-state index is 14.2. The molecule has 160 valence electrons. The first-order valence-electron chi connectivity index (χ1n) is 7.91. The summed E-state index contributed by atoms with van der Waals surface area (Å²) in [4.78, 5) is 3.35. The second kappa shape index (κ2) is 7.90. The summed E-state index contributed by atoms with van der Waals surface area (Å²) in [5.74, 6) is -23.9. The van der Waals surface area contributed by atoms with Gasteiger partial charge in [0.15, 0.2) is 46.5 Å². The van der Waals surface area contributed by atoms with Gasteiger partial charge in [-0.1, -0.05) is 0 Å². The molecule has 0 radical (unpaired) electrons. The highest BCUT2D eigenvalue weighted by Crippen LogP contribution is 2.39. The van der Waals surface area contributed by atoms with Gasteiger partial charge < -0.3 is 0 Å². The Labute approximate surface area is 166 Å². The van der Waals surface area contributed by atoms with Crippen molar-refractivity contribution in [3.05, 3.63) is 76.1 Å². The third-order valence-corrected chi connectivity index (χ3v) is 4.27. The number of rotatable bonds is 3. The summed E-state index contributed by atoms with van der Waals surface area (Å²) in [6, 6.07) is 1.42. The molecule has 0 aliphatic heterocycles. The van der Waals surface area contributed by atoms with Crippen LogP contribution in [0.25, 0.3) is 22.3 Å². The molecule has 0 saturated carbocycles. The molecular weight excluding hydrogens is 446 g/mol. The van der Waals surface area contributed by atoms with Crippen molar-refractivity contribution in [1.29, 1.82) is 5.26 Å². The van der Waals surface area contributed by atoms with Gasteiger partial charge in [0.05, 0.1) is 23.6 Å². The van der Waals surface area contributed by atoms with Gasteiger partial charge in [-0.15, -0.1) is 0 Å². The van der Waals surface area contributed by atoms with Crippen LogP contribution in [0, 0.1) is 69.5 Å². The van der Waals surface area contributed by atoms with Crippen molar-refractivity contribution in [2.75, 3.05) is 0 Å². The van der Waals surface area contributed by atoms with Crippen LogP contribution < -0.4 is 0 Å². The molecule has 0 bridgehead atoms. The first-order valence-corrected chi connectivity index (χ1v) is 7.91. The normalized spacial score (nSPS) is 11.0. The number of hydrogen-bond donors (Lipinski definition) is 0. The molecule has 0 aliphatic rings. The summed E-state index contributed by atoms with van der Waals surface area (Å²) in [5, 5.41) is 8.98. The smallest absolute Gasteiger partial charge is 0.200 e. The van der Waals surface area contributed by atoms with Gasteiger partial charge in [0.2, 0.25) is 11.6 Å². The third kappa shape index (κ3) is 3.26. The van der Waals surface area contributed by atoms with Crippen LogP contribution in [0.15, 0.2) is 12.4 Å². The molecular formula is C19H4F10N2. The summed E-state index contributed by atoms with van der Waals surface area (Å²) >= 11 is 0. The van der Waals surface area contributed by atoms with Crippen LogP contribution in [0.5, 0.6) is 0 Å². The van der Waals surface area contributed by atoms with Crippen LogP contribution in [-0.4, -0.2) is 4.98 Å². The van der Waals surface area contributed by atoms with Crippen molar-refractivity contribution < 1.29 is 43.9 Å². The van der Waals surface area contributed by atoms with Gasteiger partial charge in [0.25, 0.3) is 0 Å². The van der Waals surface area contributed by atoms with E-state index in [2.05, 4.69) is 4.98 Å². The summed E-state index contributed by atoms with van der Waals surface area (Å²) < 4.78 is 138. The zero-order valence-electron chi connectivity index (χ0n) is 14.5. The lowest BCUT2D eigenvalue weighted by atomic mass is 9.91. The van der Waals surface area contributed by atoms with Crippen molar-refractivity contribution in [3.63, 3.8) is 0 Å². The molecule has 2 aromatic carbocycles. The largest absolute Gasteiger partial charge is 0.263 e. The van der Waals surface area contributed by atoms with Gasteiger partial charge in [-0.05, 0) is 5.56 Å². The second-order valence-electron chi connectivity index (χ2n) is 5.94. The molecule has 31 heavy (non-hydrogen) atoms. The van der Waals surface area contributed by atoms with Gasteiger partial charge in [0, 0.05) is 23.5 Å². The molecule has 0 unspecified atom stereocenters. The summed E-state index contributed by atoms with van der Waals surface area (Å²) in [6.45, 7) is 0. The lowest BCUT2D eigenvalue weighted by molar-refractivity contribution is 0.381. The van der Waals surface area contributed by atoms with E-state index in [1.54, 1.807) is 0 Å². The van der Waals surface area contributed by atoms with E-state index in [-0.39, 0.29) is 0 Å². The minimum Gasteiger partial charge on any atom is -0.263 e. The lowest BCUT2D eigenvalue weighted by Crippen LogP contribution is -2.08. The molecule has 0 spiro atoms. The van der Waals surface area contributed by atoms with Crippen molar-refractivity contribution in [1.82, 2.24) is 4.98 Å². The molecule has 0 N–H and O–H groups in total. The Morgan fingerprint density at radius 2 is 0.839 bits per heavy atom. The number of nitrogens with zero attached hydrogens (tertiary/aromatic N) is 2. The van der Waals surface area contributed by atoms with E-state index in [4.69, 9.17) is 5.26 Å². The maximum atomic E-state index is 14.2. The van der Waals surface area contributed by atoms with Gasteiger partial charge in [-0.3, -0.25) is 4.98 Å². The van der Waals surface area contributed by atoms with E-state index in [1.165, 1.54) is 6.07 Å². The predicted octanol–water partition coefficient (Wildman–Crippen LogP) is 5.87. The monoisotopic (exact) mass is 450 g/mol. The highest BCUT2D eigenvalue weighted by Gasteiger charge is 2.32. The molecule has 2 nitrogen and oxygen atoms in total. The number of halogens is 10. The molecule has 0 saturated heterocycles. The Bertz CT molecular complexity index is 1130. The van der Waals surface area contributed by atoms with E-state index in [9.17, 15) is 43.9 Å². The van der Waals surface area contributed by atoms with Gasteiger partial charge in [-0.25, -0.2) is 43.9 Å². The Kier molecular flexibility index (Phi) is 5.62. The average molecular weight is 450 g/mol. The first kappa shape index (κ1) is 22.1. The molecule has 0 fully saturated rings. The summed E-state index contributed by atoms with van der Waals surface area (Å²) in [6.07, 6.45) is 0.0488. The number of pyridine rings is 1. The number of nitriles is 1. The molecule has 0 aliphatic carbocycles. The van der Waals surface area contributed by atoms with Crippen LogP contribution in [-0.2, 0) is 6.42 Å². The molecule has 0 amide bonds. The molecule has 1 aromatic heterocycles. The number of hydrogen-bond acceptors (Lipinski definition) is 2. The molecule has 0 atom stereocenters. The van der Waals surface area contributed by atoms with Gasteiger partial charge >= 0.3 is 0 Å². The van der Waals surface area contributed by atoms with E-state index in [0.717, 1.165) is 0 Å². The topological polar surface area (TPSA) is 36.7 Å². The maximum Gasteiger partial charge on any atom is 0.200 e. The Balaban J connectivity index is 2.48. The van der Waals surface area contributed by atoms with Crippen LogP contribution in [0.2, 0.25) is 0 Å². The fourth-order valence-corrected chi connectivity index (χ4v) is 2.87. The van der Waals surface area contributed by atoms with Crippen molar-refractivity contribution in [3.8, 4) is 28.3 Å². The van der Waals surface area contributed by atoms with Crippen molar-refractivity contribution >= 4 is 0 Å². The standard InChI is InChI=1S/C19H4F10N2/c20-10-8(11(21)15(25)18(28)14(10)24)6-3-31-4-7(5(6)1-2-30)9-12(22)16(26)19(29)17(27)13(9)23/h3-4H,1H2. The van der Waals surface area contributed by atoms with Crippen LogP contribution in [0.3, 0.4) is 0 Å². The minimum atomic E-state index is -2.50. The van der Waals surface area contributed by atoms with Crippen molar-refractivity contribution in [2.45, 2.75) is 6.42 Å². The lowest BCUT2D eigenvalue weighted by Gasteiger charge is -2.16. The molecule has 1 heterocycles. The zero-order valence-corrected chi connectivity index (χ0v) is 14.5. The van der Waals surface area contributed by atoms with E-state index >= 15 is 0 Å². The minimum absolute atomic E-state index is 0.514. The van der Waals surface area contributed by atoms with Crippen LogP contribution in [0.4, 0.5) is 43.9 Å². The molecule has 3 aromatic rings. The first-order chi connectivity index (χ1) is 14.5. The van der Waals surface area contributed by atoms with E-state index in [1.807, 2.05) is 0 Å². The SMILES string of the molecule is N#CCc1c(-c2c(F)c(F)c(F)c(F)c2F)cncc1-c1c(F)c(F)c(F)c(F)c1F. The zero-order chi connectivity index (χ0) is 23.2. The summed E-state index contributed by atoms with van der Waals surface area (Å²) in [7, 11) is 0. The van der Waals surface area contributed by atoms with E-state index < -0.39 is 92.4 Å². The summed E-state index contributed by atoms with van der Waals surface area (Å²) in [5.41, 5.74) is -5.93. The highest BCUT2D eigenvalue weighted by molar-refractivity contribution is 5.79. The average Bonchev–Trinajstić information content (AvgIpc) is 2.75. The van der Waals surface area contributed by atoms with Gasteiger partial charge in [0.1, 0.15) is 0 Å². The predicted molar refractivity (Wildman–Crippen MR) is 84.0 cm³/mol. The quantitative estimate of drug-likeness (QED) is 0.284. The Morgan fingerprint density at radius 1 is 0.548 bits per heavy atom. The van der Waals surface area contributed by atoms with Crippen LogP contribution >= 0.6 is 0 Å². The Hall–Kier alpha value is -3.62. The fraction of sp³-hybridized carbons (Fsp3) is 0.0526. The fourth-order valence-electron chi connectivity index (χ4n) is 2.87. The second-order valence-corrected chi connectivity index (χ2v) is 5.94. The molecule has 3 rings (SSSR count). The van der Waals surface area contributed by atoms with Crippen molar-refractivity contribution in [2.24, 2.45) is 0 Å². The van der Waals surface area contributed by atoms with Gasteiger partial charge in [-0.2, -0.15) is 5.26 Å². The number of benzene rings is 2.